The zero-order valence-corrected chi connectivity index (χ0v) is 12.2. The minimum atomic E-state index is -3.08. The highest BCUT2D eigenvalue weighted by Crippen LogP contribution is 2.26. The number of hydrogen-bond acceptors (Lipinski definition) is 5. The van der Waals surface area contributed by atoms with E-state index in [4.69, 9.17) is 0 Å². The first-order chi connectivity index (χ1) is 9.00. The first kappa shape index (κ1) is 14.4. The molecule has 0 bridgehead atoms. The zero-order chi connectivity index (χ0) is 13.9. The summed E-state index contributed by atoms with van der Waals surface area (Å²) >= 11 is 0. The van der Waals surface area contributed by atoms with Crippen LogP contribution in [0.1, 0.15) is 31.1 Å². The van der Waals surface area contributed by atoms with E-state index in [1.807, 2.05) is 7.05 Å². The Morgan fingerprint density at radius 1 is 1.63 bits per heavy atom. The lowest BCUT2D eigenvalue weighted by molar-refractivity contribution is 0.238. The molecule has 1 aliphatic heterocycles. The number of hydrogen-bond donors (Lipinski definition) is 2. The number of aromatic nitrogens is 3. The molecule has 0 amide bonds. The van der Waals surface area contributed by atoms with Crippen LogP contribution >= 0.6 is 0 Å². The van der Waals surface area contributed by atoms with Gasteiger partial charge in [0.05, 0.1) is 12.3 Å². The fourth-order valence-corrected chi connectivity index (χ4v) is 3.55. The van der Waals surface area contributed by atoms with E-state index in [2.05, 4.69) is 20.5 Å². The topological polar surface area (TPSA) is 91.0 Å². The molecule has 108 valence electrons. The smallest absolute Gasteiger partial charge is 0.211 e. The van der Waals surface area contributed by atoms with Gasteiger partial charge in [-0.3, -0.25) is 5.10 Å². The van der Waals surface area contributed by atoms with Crippen molar-refractivity contribution >= 4 is 10.0 Å². The van der Waals surface area contributed by atoms with Gasteiger partial charge in [-0.25, -0.2) is 17.7 Å². The molecule has 7 nitrogen and oxygen atoms in total. The van der Waals surface area contributed by atoms with Gasteiger partial charge in [-0.15, -0.1) is 0 Å². The maximum atomic E-state index is 11.6. The number of aromatic amines is 1. The Morgan fingerprint density at radius 2 is 2.42 bits per heavy atom. The molecule has 1 saturated heterocycles. The highest BCUT2D eigenvalue weighted by molar-refractivity contribution is 7.88. The minimum Gasteiger partial charge on any atom is -0.310 e. The fraction of sp³-hybridized carbons (Fsp3) is 0.818. The average Bonchev–Trinajstić information content (AvgIpc) is 2.89. The van der Waals surface area contributed by atoms with Crippen molar-refractivity contribution in [3.05, 3.63) is 12.2 Å². The van der Waals surface area contributed by atoms with Crippen molar-refractivity contribution in [1.82, 2.24) is 24.8 Å². The summed E-state index contributed by atoms with van der Waals surface area (Å²) in [5.41, 5.74) is 0. The molecule has 1 fully saturated rings. The van der Waals surface area contributed by atoms with Crippen LogP contribution in [0, 0.1) is 5.92 Å². The molecule has 0 spiro atoms. The Labute approximate surface area is 113 Å². The van der Waals surface area contributed by atoms with Crippen molar-refractivity contribution in [1.29, 1.82) is 0 Å². The Morgan fingerprint density at radius 3 is 3.00 bits per heavy atom. The van der Waals surface area contributed by atoms with Gasteiger partial charge in [0.25, 0.3) is 0 Å². The maximum absolute atomic E-state index is 11.6. The maximum Gasteiger partial charge on any atom is 0.211 e. The van der Waals surface area contributed by atoms with E-state index in [-0.39, 0.29) is 6.04 Å². The van der Waals surface area contributed by atoms with Crippen LogP contribution in [-0.4, -0.2) is 54.3 Å². The van der Waals surface area contributed by atoms with E-state index < -0.39 is 10.0 Å². The van der Waals surface area contributed by atoms with Crippen molar-refractivity contribution in [3.8, 4) is 0 Å². The Hall–Kier alpha value is -0.990. The predicted molar refractivity (Wildman–Crippen MR) is 71.9 cm³/mol. The van der Waals surface area contributed by atoms with Crippen LogP contribution in [0.5, 0.6) is 0 Å². The molecule has 1 aromatic rings. The van der Waals surface area contributed by atoms with Crippen LogP contribution in [0.15, 0.2) is 6.33 Å². The van der Waals surface area contributed by atoms with Crippen LogP contribution in [0.25, 0.3) is 0 Å². The number of piperidine rings is 1. The molecule has 2 atom stereocenters. The summed E-state index contributed by atoms with van der Waals surface area (Å²) in [7, 11) is -1.20. The quantitative estimate of drug-likeness (QED) is 0.803. The summed E-state index contributed by atoms with van der Waals surface area (Å²) in [6.45, 7) is 1.24. The highest BCUT2D eigenvalue weighted by atomic mass is 32.2. The van der Waals surface area contributed by atoms with Gasteiger partial charge >= 0.3 is 0 Å². The second kappa shape index (κ2) is 5.98. The van der Waals surface area contributed by atoms with E-state index in [0.29, 0.717) is 19.0 Å². The van der Waals surface area contributed by atoms with Gasteiger partial charge in [-0.1, -0.05) is 0 Å². The Balaban J connectivity index is 1.98. The molecule has 1 aliphatic rings. The van der Waals surface area contributed by atoms with Crippen molar-refractivity contribution in [2.24, 2.45) is 5.92 Å². The van der Waals surface area contributed by atoms with Gasteiger partial charge in [-0.05, 0) is 32.2 Å². The van der Waals surface area contributed by atoms with Crippen molar-refractivity contribution in [2.75, 3.05) is 26.4 Å². The molecule has 2 N–H and O–H groups in total. The summed E-state index contributed by atoms with van der Waals surface area (Å²) in [5, 5.41) is 9.92. The third kappa shape index (κ3) is 3.74. The van der Waals surface area contributed by atoms with E-state index in [0.717, 1.165) is 25.1 Å². The summed E-state index contributed by atoms with van der Waals surface area (Å²) in [6.07, 6.45) is 5.60. The molecule has 0 aromatic carbocycles. The number of sulfonamides is 1. The highest BCUT2D eigenvalue weighted by Gasteiger charge is 2.28. The molecular weight excluding hydrogens is 266 g/mol. The Bertz CT molecular complexity index is 487. The van der Waals surface area contributed by atoms with Gasteiger partial charge < -0.3 is 5.32 Å². The van der Waals surface area contributed by atoms with Crippen LogP contribution in [0.2, 0.25) is 0 Å². The summed E-state index contributed by atoms with van der Waals surface area (Å²) in [5.74, 6) is 1.16. The van der Waals surface area contributed by atoms with Crippen LogP contribution < -0.4 is 5.32 Å². The van der Waals surface area contributed by atoms with Gasteiger partial charge in [0.2, 0.25) is 10.0 Å². The standard InChI is InChI=1S/C11H21N5O2S/c1-12-10(11-13-8-14-15-11)6-9-4-3-5-16(7-9)19(2,17)18/h8-10,12H,3-7H2,1-2H3,(H,13,14,15). The molecule has 2 heterocycles. The molecule has 1 aromatic heterocycles. The lowest BCUT2D eigenvalue weighted by Crippen LogP contribution is -2.40. The zero-order valence-electron chi connectivity index (χ0n) is 11.3. The van der Waals surface area contributed by atoms with Gasteiger partial charge in [-0.2, -0.15) is 5.10 Å². The molecule has 0 saturated carbocycles. The average molecular weight is 287 g/mol. The van der Waals surface area contributed by atoms with Crippen LogP contribution in [0.4, 0.5) is 0 Å². The molecule has 0 radical (unpaired) electrons. The lowest BCUT2D eigenvalue weighted by Gasteiger charge is -2.32. The number of nitrogens with one attached hydrogen (secondary N) is 2. The van der Waals surface area contributed by atoms with Crippen LogP contribution in [-0.2, 0) is 10.0 Å². The van der Waals surface area contributed by atoms with Crippen molar-refractivity contribution in [2.45, 2.75) is 25.3 Å². The molecule has 19 heavy (non-hydrogen) atoms. The summed E-state index contributed by atoms with van der Waals surface area (Å²) in [6, 6.07) is 0.0898. The lowest BCUT2D eigenvalue weighted by atomic mass is 9.92. The van der Waals surface area contributed by atoms with Crippen molar-refractivity contribution < 1.29 is 8.42 Å². The predicted octanol–water partition coefficient (Wildman–Crippen LogP) is 0.127. The monoisotopic (exact) mass is 287 g/mol. The first-order valence-electron chi connectivity index (χ1n) is 6.48. The number of rotatable bonds is 5. The van der Waals surface area contributed by atoms with Crippen LogP contribution in [0.3, 0.4) is 0 Å². The van der Waals surface area contributed by atoms with E-state index >= 15 is 0 Å². The van der Waals surface area contributed by atoms with Gasteiger partial charge in [0.15, 0.2) is 0 Å². The molecule has 2 unspecified atom stereocenters. The summed E-state index contributed by atoms with van der Waals surface area (Å²) in [4.78, 5) is 4.16. The SMILES string of the molecule is CNC(CC1CCCN(S(C)(=O)=O)C1)c1ncn[nH]1. The van der Waals surface area contributed by atoms with Crippen molar-refractivity contribution in [3.63, 3.8) is 0 Å². The molecular formula is C11H21N5O2S. The second-order valence-electron chi connectivity index (χ2n) is 5.08. The Kier molecular flexibility index (Phi) is 4.54. The molecule has 0 aliphatic carbocycles. The van der Waals surface area contributed by atoms with E-state index in [1.54, 1.807) is 4.31 Å². The van der Waals surface area contributed by atoms with Gasteiger partial charge in [0, 0.05) is 13.1 Å². The fourth-order valence-electron chi connectivity index (χ4n) is 2.60. The largest absolute Gasteiger partial charge is 0.310 e. The first-order valence-corrected chi connectivity index (χ1v) is 8.33. The third-order valence-corrected chi connectivity index (χ3v) is 4.90. The molecule has 8 heteroatoms. The third-order valence-electron chi connectivity index (χ3n) is 3.63. The van der Waals surface area contributed by atoms with E-state index in [9.17, 15) is 8.42 Å². The van der Waals surface area contributed by atoms with Gasteiger partial charge in [0.1, 0.15) is 12.2 Å². The number of H-pyrrole nitrogens is 1. The second-order valence-corrected chi connectivity index (χ2v) is 7.06. The van der Waals surface area contributed by atoms with E-state index in [1.165, 1.54) is 12.6 Å². The summed E-state index contributed by atoms with van der Waals surface area (Å²) < 4.78 is 24.8. The number of nitrogens with zero attached hydrogens (tertiary/aromatic N) is 3. The molecule has 2 rings (SSSR count). The normalized spacial score (nSPS) is 23.4. The minimum absolute atomic E-state index is 0.0898.